The molecule has 4 N–H and O–H groups in total. The van der Waals surface area contributed by atoms with Gasteiger partial charge in [0.15, 0.2) is 56.1 Å². The Hall–Kier alpha value is -3.90. The molecule has 0 aliphatic rings. The van der Waals surface area contributed by atoms with Gasteiger partial charge in [0, 0.05) is 48.5 Å². The van der Waals surface area contributed by atoms with Crippen molar-refractivity contribution in [2.45, 2.75) is 6.54 Å². The SMILES string of the molecule is C=C.C[n+]1ccc(-c2cc[n+](CCN)cc2)cc1.C[n+]1ccc(-c2cc[n+](N)cc2)cc1. The van der Waals surface area contributed by atoms with Crippen LogP contribution in [0, 0.1) is 0 Å². The molecule has 4 rings (SSSR count). The summed E-state index contributed by atoms with van der Waals surface area (Å²) >= 11 is 0. The van der Waals surface area contributed by atoms with Gasteiger partial charge in [0.25, 0.3) is 0 Å². The molecule has 0 aromatic carbocycles. The van der Waals surface area contributed by atoms with Crippen LogP contribution in [0.25, 0.3) is 22.3 Å². The Balaban J connectivity index is 0.000000212. The van der Waals surface area contributed by atoms with Crippen LogP contribution in [0.2, 0.25) is 0 Å². The lowest BCUT2D eigenvalue weighted by molar-refractivity contribution is -0.694. The molecule has 0 aliphatic carbocycles. The molecule has 164 valence electrons. The van der Waals surface area contributed by atoms with Gasteiger partial charge in [0.05, 0.1) is 6.54 Å². The number of aryl methyl sites for hydroxylation is 2. The summed E-state index contributed by atoms with van der Waals surface area (Å²) in [7, 11) is 4.02. The molecule has 4 aromatic heterocycles. The van der Waals surface area contributed by atoms with Gasteiger partial charge in [-0.15, -0.1) is 13.2 Å². The first-order chi connectivity index (χ1) is 15.5. The third-order valence-electron chi connectivity index (χ3n) is 4.75. The molecule has 4 aromatic rings. The van der Waals surface area contributed by atoms with Gasteiger partial charge in [0.2, 0.25) is 0 Å². The van der Waals surface area contributed by atoms with E-state index >= 15 is 0 Å². The van der Waals surface area contributed by atoms with Crippen LogP contribution in [0.5, 0.6) is 0 Å². The number of nitrogens with two attached hydrogens (primary N) is 2. The molecular formula is C26H34N6+4. The summed E-state index contributed by atoms with van der Waals surface area (Å²) in [5, 5.41) is 0. The lowest BCUT2D eigenvalue weighted by Crippen LogP contribution is -2.43. The topological polar surface area (TPSA) is 67.6 Å². The number of nitrogens with zero attached hydrogens (tertiary/aromatic N) is 4. The highest BCUT2D eigenvalue weighted by Crippen LogP contribution is 2.15. The molecule has 0 saturated heterocycles. The van der Waals surface area contributed by atoms with Gasteiger partial charge in [-0.05, 0) is 22.3 Å². The monoisotopic (exact) mass is 430 g/mol. The molecule has 0 fully saturated rings. The Morgan fingerprint density at radius 2 is 0.906 bits per heavy atom. The number of aromatic nitrogens is 4. The standard InChI is InChI=1S/C13H17N3.C11H12N3.C2H4/c1-15-7-2-12(3-8-15)13-4-9-16(10-5-13)11-6-14;1-13-6-2-10(3-7-13)11-4-8-14(12)9-5-11;1-2/h2-5,7-10H,6,11,14H2,1H3;2-9,12H,1H3;1-2H2/q+2;+1;/p+1. The van der Waals surface area contributed by atoms with Crippen molar-refractivity contribution in [2.75, 3.05) is 12.4 Å². The second-order valence-corrected chi connectivity index (χ2v) is 7.15. The number of nitrogen functional groups attached to an aromatic ring is 1. The van der Waals surface area contributed by atoms with Gasteiger partial charge in [-0.25, -0.2) is 19.5 Å². The van der Waals surface area contributed by atoms with Gasteiger partial charge >= 0.3 is 0 Å². The Labute approximate surface area is 190 Å². The van der Waals surface area contributed by atoms with E-state index in [0.29, 0.717) is 6.54 Å². The Bertz CT molecular complexity index is 1010. The van der Waals surface area contributed by atoms with Crippen molar-refractivity contribution in [1.82, 2.24) is 0 Å². The van der Waals surface area contributed by atoms with E-state index in [9.17, 15) is 0 Å². The van der Waals surface area contributed by atoms with Crippen molar-refractivity contribution in [3.63, 3.8) is 0 Å². The molecule has 0 atom stereocenters. The third kappa shape index (κ3) is 7.41. The van der Waals surface area contributed by atoms with E-state index in [-0.39, 0.29) is 0 Å². The van der Waals surface area contributed by atoms with Crippen molar-refractivity contribution < 1.29 is 18.4 Å². The lowest BCUT2D eigenvalue weighted by atomic mass is 10.1. The molecule has 6 nitrogen and oxygen atoms in total. The number of rotatable bonds is 4. The molecule has 32 heavy (non-hydrogen) atoms. The van der Waals surface area contributed by atoms with Crippen molar-refractivity contribution >= 4 is 0 Å². The summed E-state index contributed by atoms with van der Waals surface area (Å²) < 4.78 is 7.66. The minimum absolute atomic E-state index is 0.672. The average Bonchev–Trinajstić information content (AvgIpc) is 2.83. The molecule has 0 aliphatic heterocycles. The van der Waals surface area contributed by atoms with Gasteiger partial charge in [0.1, 0.15) is 14.1 Å². The molecule has 0 unspecified atom stereocenters. The highest BCUT2D eigenvalue weighted by molar-refractivity contribution is 5.61. The molecule has 6 heteroatoms. The van der Waals surface area contributed by atoms with Gasteiger partial charge in [-0.3, -0.25) is 0 Å². The zero-order valence-corrected chi connectivity index (χ0v) is 19.0. The quantitative estimate of drug-likeness (QED) is 0.292. The summed E-state index contributed by atoms with van der Waals surface area (Å²) in [5.41, 5.74) is 10.3. The van der Waals surface area contributed by atoms with E-state index in [4.69, 9.17) is 11.6 Å². The van der Waals surface area contributed by atoms with Crippen LogP contribution in [-0.2, 0) is 20.6 Å². The first-order valence-corrected chi connectivity index (χ1v) is 10.4. The zero-order valence-electron chi connectivity index (χ0n) is 19.0. The summed E-state index contributed by atoms with van der Waals surface area (Å²) in [6.45, 7) is 7.54. The predicted octanol–water partition coefficient (Wildman–Crippen LogP) is 1.41. The van der Waals surface area contributed by atoms with Gasteiger partial charge < -0.3 is 5.73 Å². The van der Waals surface area contributed by atoms with E-state index in [1.807, 2.05) is 60.1 Å². The first kappa shape index (κ1) is 24.4. The maximum Gasteiger partial charge on any atom is 0.199 e. The summed E-state index contributed by atoms with van der Waals surface area (Å²) in [5.74, 6) is 5.54. The first-order valence-electron chi connectivity index (χ1n) is 10.4. The Kier molecular flexibility index (Phi) is 9.69. The fourth-order valence-electron chi connectivity index (χ4n) is 2.97. The minimum Gasteiger partial charge on any atom is -0.325 e. The fourth-order valence-corrected chi connectivity index (χ4v) is 2.97. The molecule has 0 amide bonds. The average molecular weight is 431 g/mol. The second kappa shape index (κ2) is 12.7. The van der Waals surface area contributed by atoms with Crippen LogP contribution < -0.4 is 30.0 Å². The number of pyridine rings is 4. The minimum atomic E-state index is 0.672. The van der Waals surface area contributed by atoms with Crippen LogP contribution in [0.3, 0.4) is 0 Å². The largest absolute Gasteiger partial charge is 0.325 e. The van der Waals surface area contributed by atoms with Crippen molar-refractivity contribution in [3.05, 3.63) is 111 Å². The van der Waals surface area contributed by atoms with Crippen LogP contribution in [0.15, 0.2) is 111 Å². The van der Waals surface area contributed by atoms with Crippen LogP contribution >= 0.6 is 0 Å². The second-order valence-electron chi connectivity index (χ2n) is 7.15. The summed E-state index contributed by atoms with van der Waals surface area (Å²) in [4.78, 5) is 0. The van der Waals surface area contributed by atoms with Gasteiger partial charge in [-0.1, -0.05) is 4.68 Å². The van der Waals surface area contributed by atoms with E-state index < -0.39 is 0 Å². The molecule has 0 spiro atoms. The number of hydrogen-bond donors (Lipinski definition) is 2. The zero-order chi connectivity index (χ0) is 23.3. The van der Waals surface area contributed by atoms with Crippen LogP contribution in [0.4, 0.5) is 0 Å². The van der Waals surface area contributed by atoms with Crippen molar-refractivity contribution in [3.8, 4) is 22.3 Å². The lowest BCUT2D eigenvalue weighted by Gasteiger charge is -1.99. The highest BCUT2D eigenvalue weighted by Gasteiger charge is 2.03. The normalized spacial score (nSPS) is 9.72. The molecule has 0 saturated carbocycles. The van der Waals surface area contributed by atoms with Crippen LogP contribution in [-0.4, -0.2) is 6.54 Å². The molecule has 0 bridgehead atoms. The van der Waals surface area contributed by atoms with E-state index in [1.165, 1.54) is 26.9 Å². The van der Waals surface area contributed by atoms with Gasteiger partial charge in [-0.2, -0.15) is 0 Å². The number of hydrogen-bond acceptors (Lipinski definition) is 2. The van der Waals surface area contributed by atoms with Crippen molar-refractivity contribution in [1.29, 1.82) is 0 Å². The molecule has 4 heterocycles. The maximum absolute atomic E-state index is 5.54. The Morgan fingerprint density at radius 1 is 0.594 bits per heavy atom. The van der Waals surface area contributed by atoms with E-state index in [1.54, 1.807) is 0 Å². The molecule has 0 radical (unpaired) electrons. The fraction of sp³-hybridized carbons (Fsp3) is 0.154. The van der Waals surface area contributed by atoms with Crippen molar-refractivity contribution in [2.24, 2.45) is 19.8 Å². The van der Waals surface area contributed by atoms with E-state index in [0.717, 1.165) is 6.54 Å². The highest BCUT2D eigenvalue weighted by atomic mass is 15.3. The van der Waals surface area contributed by atoms with E-state index in [2.05, 4.69) is 78.9 Å². The smallest absolute Gasteiger partial charge is 0.199 e. The Morgan fingerprint density at radius 3 is 1.25 bits per heavy atom. The van der Waals surface area contributed by atoms with Crippen LogP contribution in [0.1, 0.15) is 0 Å². The third-order valence-corrected chi connectivity index (χ3v) is 4.75. The predicted molar refractivity (Wildman–Crippen MR) is 127 cm³/mol. The summed E-state index contributed by atoms with van der Waals surface area (Å²) in [6.07, 6.45) is 16.0. The summed E-state index contributed by atoms with van der Waals surface area (Å²) in [6, 6.07) is 16.6. The maximum atomic E-state index is 5.54. The molecular weight excluding hydrogens is 396 g/mol.